The summed E-state index contributed by atoms with van der Waals surface area (Å²) in [5.41, 5.74) is 0.500. The average molecular weight is 200 g/mol. The Morgan fingerprint density at radius 3 is 1.00 bits per heavy atom. The first-order chi connectivity index (χ1) is 6.30. The Morgan fingerprint density at radius 2 is 1.00 bits per heavy atom. The third-order valence-corrected chi connectivity index (χ3v) is 3.64. The molecule has 2 rings (SSSR count). The van der Waals surface area contributed by atoms with Crippen molar-refractivity contribution < 1.29 is 9.47 Å². The molecule has 2 aliphatic rings. The summed E-state index contributed by atoms with van der Waals surface area (Å²) >= 11 is 0. The molecule has 0 aliphatic carbocycles. The molecule has 0 aromatic carbocycles. The van der Waals surface area contributed by atoms with Crippen molar-refractivity contribution in [2.24, 2.45) is 11.8 Å². The van der Waals surface area contributed by atoms with Crippen molar-refractivity contribution in [2.45, 2.75) is 52.7 Å². The monoisotopic (exact) mass is 200 g/mol. The quantitative estimate of drug-likeness (QED) is 0.640. The van der Waals surface area contributed by atoms with Gasteiger partial charge in [0.05, 0.1) is 24.4 Å². The van der Waals surface area contributed by atoms with Crippen LogP contribution in [0.15, 0.2) is 0 Å². The second-order valence-corrected chi connectivity index (χ2v) is 5.51. The molecule has 2 atom stereocenters. The Bertz CT molecular complexity index is 166. The zero-order chi connectivity index (χ0) is 11.0. The largest absolute Gasteiger partial charge is 0.370 e. The molecule has 84 valence electrons. The van der Waals surface area contributed by atoms with E-state index >= 15 is 0 Å². The molecule has 2 aliphatic heterocycles. The maximum Gasteiger partial charge on any atom is 0.0911 e. The normalized spacial score (nSPS) is 39.4. The van der Waals surface area contributed by atoms with E-state index in [0.29, 0.717) is 11.8 Å². The van der Waals surface area contributed by atoms with Crippen LogP contribution in [0.2, 0.25) is 0 Å². The van der Waals surface area contributed by atoms with Crippen molar-refractivity contribution in [2.75, 3.05) is 13.2 Å². The minimum Gasteiger partial charge on any atom is -0.370 e. The Kier molecular flexibility index (Phi) is 3.27. The van der Waals surface area contributed by atoms with E-state index in [9.17, 15) is 0 Å². The summed E-state index contributed by atoms with van der Waals surface area (Å²) in [6.45, 7) is 15.0. The number of rotatable bonds is 2. The number of ether oxygens (including phenoxy) is 2. The van der Waals surface area contributed by atoms with Crippen molar-refractivity contribution in [3.8, 4) is 0 Å². The van der Waals surface area contributed by atoms with E-state index in [1.54, 1.807) is 0 Å². The molecule has 0 aromatic rings. The second kappa shape index (κ2) is 3.82. The van der Waals surface area contributed by atoms with Crippen molar-refractivity contribution >= 4 is 0 Å². The molecule has 0 unspecified atom stereocenters. The molecule has 0 radical (unpaired) electrons. The van der Waals surface area contributed by atoms with Crippen LogP contribution < -0.4 is 0 Å². The van der Waals surface area contributed by atoms with Gasteiger partial charge in [0.25, 0.3) is 0 Å². The fourth-order valence-corrected chi connectivity index (χ4v) is 0.894. The molecule has 2 heterocycles. The molecule has 0 aromatic heterocycles. The highest BCUT2D eigenvalue weighted by Gasteiger charge is 2.42. The molecule has 2 nitrogen and oxygen atoms in total. The van der Waals surface area contributed by atoms with Crippen molar-refractivity contribution in [1.29, 1.82) is 0 Å². The van der Waals surface area contributed by atoms with Gasteiger partial charge in [-0.25, -0.2) is 0 Å². The molecule has 14 heavy (non-hydrogen) atoms. The summed E-state index contributed by atoms with van der Waals surface area (Å²) in [4.78, 5) is 0. The first-order valence-electron chi connectivity index (χ1n) is 5.58. The Hall–Kier alpha value is -0.0800. The van der Waals surface area contributed by atoms with E-state index in [2.05, 4.69) is 41.5 Å². The molecule has 0 bridgehead atoms. The van der Waals surface area contributed by atoms with E-state index in [1.807, 2.05) is 0 Å². The SMILES string of the molecule is CC(C)[C@@]1(C)CO1.CC(C)[C@]1(C)CO1. The molecular formula is C12H24O2. The van der Waals surface area contributed by atoms with Crippen LogP contribution in [0.25, 0.3) is 0 Å². The predicted octanol–water partition coefficient (Wildman–Crippen LogP) is 2.86. The predicted molar refractivity (Wildman–Crippen MR) is 58.4 cm³/mol. The van der Waals surface area contributed by atoms with E-state index in [-0.39, 0.29) is 11.2 Å². The lowest BCUT2D eigenvalue weighted by Crippen LogP contribution is -2.12. The lowest BCUT2D eigenvalue weighted by Gasteiger charge is -2.06. The van der Waals surface area contributed by atoms with Gasteiger partial charge in [-0.3, -0.25) is 0 Å². The standard InChI is InChI=1S/2C6H12O/c2*1-5(2)6(3)4-7-6/h2*5H,4H2,1-3H3/t2*6-/m10/s1. The maximum atomic E-state index is 5.16. The summed E-state index contributed by atoms with van der Waals surface area (Å²) in [6, 6.07) is 0. The molecule has 0 saturated carbocycles. The highest BCUT2D eigenvalue weighted by Crippen LogP contribution is 2.34. The summed E-state index contributed by atoms with van der Waals surface area (Å²) < 4.78 is 10.3. The summed E-state index contributed by atoms with van der Waals surface area (Å²) in [5, 5.41) is 0. The summed E-state index contributed by atoms with van der Waals surface area (Å²) in [6.07, 6.45) is 0. The van der Waals surface area contributed by atoms with E-state index < -0.39 is 0 Å². The van der Waals surface area contributed by atoms with Crippen molar-refractivity contribution in [3.05, 3.63) is 0 Å². The van der Waals surface area contributed by atoms with Gasteiger partial charge in [-0.1, -0.05) is 27.7 Å². The lowest BCUT2D eigenvalue weighted by molar-refractivity contribution is 0.260. The zero-order valence-corrected chi connectivity index (χ0v) is 10.4. The molecular weight excluding hydrogens is 176 g/mol. The van der Waals surface area contributed by atoms with Gasteiger partial charge in [0.2, 0.25) is 0 Å². The first kappa shape index (κ1) is 12.0. The summed E-state index contributed by atoms with van der Waals surface area (Å²) in [7, 11) is 0. The molecule has 0 N–H and O–H groups in total. The van der Waals surface area contributed by atoms with Crippen LogP contribution in [0.5, 0.6) is 0 Å². The minimum atomic E-state index is 0.250. The van der Waals surface area contributed by atoms with E-state index in [0.717, 1.165) is 13.2 Å². The third kappa shape index (κ3) is 2.96. The smallest absolute Gasteiger partial charge is 0.0911 e. The Balaban J connectivity index is 0.000000140. The second-order valence-electron chi connectivity index (χ2n) is 5.51. The summed E-state index contributed by atoms with van der Waals surface area (Å²) in [5.74, 6) is 1.37. The highest BCUT2D eigenvalue weighted by atomic mass is 16.6. The zero-order valence-electron chi connectivity index (χ0n) is 10.4. The average Bonchev–Trinajstić information content (AvgIpc) is 2.93. The Morgan fingerprint density at radius 1 is 0.786 bits per heavy atom. The lowest BCUT2D eigenvalue weighted by atomic mass is 10.00. The number of hydrogen-bond donors (Lipinski definition) is 0. The highest BCUT2D eigenvalue weighted by molar-refractivity contribution is 4.89. The topological polar surface area (TPSA) is 25.1 Å². The molecule has 0 amide bonds. The van der Waals surface area contributed by atoms with Crippen LogP contribution in [-0.2, 0) is 9.47 Å². The van der Waals surface area contributed by atoms with E-state index in [4.69, 9.17) is 9.47 Å². The Labute approximate surface area is 88.0 Å². The van der Waals surface area contributed by atoms with Gasteiger partial charge in [0.1, 0.15) is 0 Å². The molecule has 2 heteroatoms. The molecule has 2 saturated heterocycles. The van der Waals surface area contributed by atoms with Gasteiger partial charge < -0.3 is 9.47 Å². The third-order valence-electron chi connectivity index (χ3n) is 3.64. The fraction of sp³-hybridized carbons (Fsp3) is 1.00. The van der Waals surface area contributed by atoms with Crippen LogP contribution in [0, 0.1) is 11.8 Å². The molecule has 0 spiro atoms. The van der Waals surface area contributed by atoms with Gasteiger partial charge in [0.15, 0.2) is 0 Å². The van der Waals surface area contributed by atoms with Gasteiger partial charge in [-0.2, -0.15) is 0 Å². The maximum absolute atomic E-state index is 5.16. The fourth-order valence-electron chi connectivity index (χ4n) is 0.894. The van der Waals surface area contributed by atoms with Crippen LogP contribution in [0.4, 0.5) is 0 Å². The minimum absolute atomic E-state index is 0.250. The van der Waals surface area contributed by atoms with Crippen molar-refractivity contribution in [3.63, 3.8) is 0 Å². The number of hydrogen-bond acceptors (Lipinski definition) is 2. The molecule has 2 fully saturated rings. The van der Waals surface area contributed by atoms with Gasteiger partial charge in [-0.05, 0) is 25.7 Å². The van der Waals surface area contributed by atoms with Crippen molar-refractivity contribution in [1.82, 2.24) is 0 Å². The van der Waals surface area contributed by atoms with Gasteiger partial charge in [-0.15, -0.1) is 0 Å². The first-order valence-corrected chi connectivity index (χ1v) is 5.58. The van der Waals surface area contributed by atoms with Crippen LogP contribution in [0.3, 0.4) is 0 Å². The van der Waals surface area contributed by atoms with E-state index in [1.165, 1.54) is 0 Å². The van der Waals surface area contributed by atoms with Gasteiger partial charge in [0, 0.05) is 0 Å². The van der Waals surface area contributed by atoms with Crippen LogP contribution in [-0.4, -0.2) is 24.4 Å². The van der Waals surface area contributed by atoms with Crippen LogP contribution in [0.1, 0.15) is 41.5 Å². The number of epoxide rings is 2. The van der Waals surface area contributed by atoms with Gasteiger partial charge >= 0.3 is 0 Å². The van der Waals surface area contributed by atoms with Crippen LogP contribution >= 0.6 is 0 Å².